The monoisotopic (exact) mass is 730 g/mol. The van der Waals surface area contributed by atoms with Gasteiger partial charge in [-0.15, -0.1) is 0 Å². The van der Waals surface area contributed by atoms with Gasteiger partial charge < -0.3 is 41.6 Å². The number of hydrogen-bond donors (Lipinski definition) is 6. The summed E-state index contributed by atoms with van der Waals surface area (Å²) >= 11 is 0. The van der Waals surface area contributed by atoms with E-state index in [2.05, 4.69) is 20.9 Å². The van der Waals surface area contributed by atoms with E-state index in [4.69, 9.17) is 20.5 Å². The van der Waals surface area contributed by atoms with Crippen LogP contribution in [0.4, 0.5) is 5.69 Å². The predicted molar refractivity (Wildman–Crippen MR) is 197 cm³/mol. The zero-order valence-electron chi connectivity index (χ0n) is 29.1. The first kappa shape index (κ1) is 36.9. The Labute approximate surface area is 303 Å². The maximum absolute atomic E-state index is 14.9. The summed E-state index contributed by atoms with van der Waals surface area (Å²) in [5, 5.41) is 18.4. The fourth-order valence-electron chi connectivity index (χ4n) is 8.29. The molecule has 0 saturated heterocycles. The van der Waals surface area contributed by atoms with Gasteiger partial charge in [-0.05, 0) is 105 Å². The predicted octanol–water partition coefficient (Wildman–Crippen LogP) is 4.13. The van der Waals surface area contributed by atoms with Crippen LogP contribution < -0.4 is 36.5 Å². The van der Waals surface area contributed by atoms with Crippen molar-refractivity contribution in [3.63, 3.8) is 0 Å². The van der Waals surface area contributed by atoms with Crippen LogP contribution in [-0.2, 0) is 25.4 Å². The van der Waals surface area contributed by atoms with Crippen LogP contribution in [-0.4, -0.2) is 53.3 Å². The second-order valence-corrected chi connectivity index (χ2v) is 16.5. The van der Waals surface area contributed by atoms with E-state index in [0.717, 1.165) is 38.5 Å². The number of nitrogens with one attached hydrogen (secondary N) is 3. The minimum Gasteiger partial charge on any atom is -0.415 e. The van der Waals surface area contributed by atoms with Crippen molar-refractivity contribution in [3.8, 4) is 11.5 Å². The first-order valence-corrected chi connectivity index (χ1v) is 19.3. The molecule has 3 aromatic carbocycles. The largest absolute Gasteiger partial charge is 0.453 e. The van der Waals surface area contributed by atoms with Gasteiger partial charge in [-0.2, -0.15) is 0 Å². The van der Waals surface area contributed by atoms with Crippen molar-refractivity contribution in [1.29, 1.82) is 0 Å². The Morgan fingerprint density at radius 3 is 1.81 bits per heavy atom. The normalized spacial score (nSPS) is 23.4. The fourth-order valence-corrected chi connectivity index (χ4v) is 10.1. The molecule has 4 bridgehead atoms. The minimum atomic E-state index is -4.28. The number of aliphatic imine (C=N–C) groups is 1. The molecule has 3 atom stereocenters. The van der Waals surface area contributed by atoms with Crippen LogP contribution in [0.25, 0.3) is 0 Å². The molecule has 0 radical (unpaired) electrons. The summed E-state index contributed by atoms with van der Waals surface area (Å²) in [7, 11) is -4.28. The number of hydrogen-bond acceptors (Lipinski definition) is 8. The van der Waals surface area contributed by atoms with Crippen LogP contribution in [0.3, 0.4) is 0 Å². The third-order valence-electron chi connectivity index (χ3n) is 10.3. The van der Waals surface area contributed by atoms with Crippen LogP contribution in [0.1, 0.15) is 51.0 Å². The Hall–Kier alpha value is -4.87. The maximum Gasteiger partial charge on any atom is 0.453 e. The number of carbonyl (C=O) groups is 3. The summed E-state index contributed by atoms with van der Waals surface area (Å²) < 4.78 is 27.1. The van der Waals surface area contributed by atoms with Crippen LogP contribution in [0, 0.1) is 23.2 Å². The molecule has 1 unspecified atom stereocenters. The van der Waals surface area contributed by atoms with Crippen molar-refractivity contribution in [1.82, 2.24) is 16.0 Å². The lowest BCUT2D eigenvalue weighted by molar-refractivity contribution is -0.149. The lowest BCUT2D eigenvalue weighted by atomic mass is 9.49. The molecule has 4 aliphatic rings. The minimum absolute atomic E-state index is 0.00810. The third-order valence-corrected chi connectivity index (χ3v) is 12.3. The van der Waals surface area contributed by atoms with E-state index < -0.39 is 49.3 Å². The van der Waals surface area contributed by atoms with Gasteiger partial charge in [-0.1, -0.05) is 48.5 Å². The highest BCUT2D eigenvalue weighted by Crippen LogP contribution is 2.60. The van der Waals surface area contributed by atoms with Gasteiger partial charge in [-0.3, -0.25) is 14.4 Å². The molecule has 4 fully saturated rings. The molecular weight excluding hydrogens is 683 g/mol. The van der Waals surface area contributed by atoms with Crippen molar-refractivity contribution in [3.05, 3.63) is 90.5 Å². The van der Waals surface area contributed by atoms with Gasteiger partial charge in [0.2, 0.25) is 17.7 Å². The van der Waals surface area contributed by atoms with Gasteiger partial charge in [0, 0.05) is 11.8 Å². The summed E-state index contributed by atoms with van der Waals surface area (Å²) in [6, 6.07) is 21.3. The molecule has 0 spiro atoms. The van der Waals surface area contributed by atoms with E-state index in [0.29, 0.717) is 29.0 Å². The number of amides is 3. The summed E-state index contributed by atoms with van der Waals surface area (Å²) in [4.78, 5) is 44.9. The van der Waals surface area contributed by atoms with E-state index in [-0.39, 0.29) is 29.8 Å². The Kier molecular flexibility index (Phi) is 11.2. The van der Waals surface area contributed by atoms with Gasteiger partial charge in [0.05, 0.1) is 12.3 Å². The summed E-state index contributed by atoms with van der Waals surface area (Å²) in [6.07, 6.45) is 5.88. The highest BCUT2D eigenvalue weighted by atomic mass is 31.2. The Balaban J connectivity index is 1.20. The van der Waals surface area contributed by atoms with E-state index in [9.17, 15) is 24.1 Å². The van der Waals surface area contributed by atoms with Crippen molar-refractivity contribution >= 4 is 37.0 Å². The van der Waals surface area contributed by atoms with Crippen molar-refractivity contribution in [2.75, 3.05) is 6.61 Å². The molecule has 0 heterocycles. The molecule has 4 saturated carbocycles. The molecule has 8 N–H and O–H groups in total. The van der Waals surface area contributed by atoms with Gasteiger partial charge in [-0.25, -0.2) is 9.56 Å². The number of aliphatic hydroxyl groups is 1. The fraction of sp³-hybridized carbons (Fsp3) is 0.421. The second-order valence-electron chi connectivity index (χ2n) is 14.4. The van der Waals surface area contributed by atoms with E-state index >= 15 is 0 Å². The molecule has 3 aromatic rings. The number of benzene rings is 3. The quantitative estimate of drug-likeness (QED) is 0.0754. The number of guanidine groups is 1. The van der Waals surface area contributed by atoms with Crippen LogP contribution in [0.5, 0.6) is 11.5 Å². The highest BCUT2D eigenvalue weighted by Gasteiger charge is 2.55. The first-order chi connectivity index (χ1) is 24.9. The van der Waals surface area contributed by atoms with Crippen molar-refractivity contribution in [2.45, 2.75) is 69.7 Å². The second kappa shape index (κ2) is 15.8. The number of rotatable bonds is 15. The standard InChI is InChI=1S/C38H47N6O7P/c1-24(41-35(47)32(23-45)43-36(48)38-20-26-16-27(21-38)18-28(17-26)22-38)34(46)44-33(19-25-12-14-29(15-13-25)42-37(39)40)52(49,50-30-8-4-2-5-9-30)51-31-10-6-3-7-11-31/h2-15,24,26-28,32-33,45H,16-23H2,1H3,(H,41,47)(H,43,48)(H,44,46)(H4,39,40,42)/t24-,26?,27?,28?,32+,33?,38?/m0/s1. The number of aliphatic hydroxyl groups excluding tert-OH is 1. The average Bonchev–Trinajstić information content (AvgIpc) is 3.10. The lowest BCUT2D eigenvalue weighted by Crippen LogP contribution is -2.59. The number of nitrogens with zero attached hydrogens (tertiary/aromatic N) is 1. The van der Waals surface area contributed by atoms with Crippen LogP contribution >= 0.6 is 7.60 Å². The molecule has 7 rings (SSSR count). The van der Waals surface area contributed by atoms with Crippen molar-refractivity contribution in [2.24, 2.45) is 39.6 Å². The highest BCUT2D eigenvalue weighted by molar-refractivity contribution is 7.55. The van der Waals surface area contributed by atoms with Gasteiger partial charge in [0.15, 0.2) is 11.7 Å². The molecule has 3 amide bonds. The number of para-hydroxylation sites is 2. The molecular formula is C38H47N6O7P. The zero-order valence-corrected chi connectivity index (χ0v) is 30.0. The number of carbonyl (C=O) groups excluding carboxylic acids is 3. The third kappa shape index (κ3) is 8.77. The smallest absolute Gasteiger partial charge is 0.415 e. The molecule has 52 heavy (non-hydrogen) atoms. The molecule has 4 aliphatic carbocycles. The molecule has 0 aromatic heterocycles. The Morgan fingerprint density at radius 1 is 0.808 bits per heavy atom. The molecule has 0 aliphatic heterocycles. The van der Waals surface area contributed by atoms with E-state index in [1.807, 2.05) is 0 Å². The zero-order chi connectivity index (χ0) is 36.9. The van der Waals surface area contributed by atoms with Crippen molar-refractivity contribution < 1.29 is 33.1 Å². The molecule has 13 nitrogen and oxygen atoms in total. The average molecular weight is 731 g/mol. The van der Waals surface area contributed by atoms with Gasteiger partial charge in [0.1, 0.15) is 23.6 Å². The van der Waals surface area contributed by atoms with Crippen LogP contribution in [0.15, 0.2) is 89.9 Å². The first-order valence-electron chi connectivity index (χ1n) is 17.7. The lowest BCUT2D eigenvalue weighted by Gasteiger charge is -2.55. The Morgan fingerprint density at radius 2 is 1.33 bits per heavy atom. The summed E-state index contributed by atoms with van der Waals surface area (Å²) in [6.45, 7) is 0.826. The van der Waals surface area contributed by atoms with E-state index in [1.165, 1.54) is 6.92 Å². The summed E-state index contributed by atoms with van der Waals surface area (Å²) in [5.74, 6) is -0.873. The number of nitrogens with two attached hydrogens (primary N) is 2. The topological polar surface area (TPSA) is 207 Å². The molecule has 276 valence electrons. The van der Waals surface area contributed by atoms with Crippen LogP contribution in [0.2, 0.25) is 0 Å². The van der Waals surface area contributed by atoms with E-state index in [1.54, 1.807) is 84.9 Å². The van der Waals surface area contributed by atoms with Gasteiger partial charge >= 0.3 is 7.60 Å². The molecule has 14 heteroatoms. The Bertz CT molecular complexity index is 1720. The maximum atomic E-state index is 14.9. The summed E-state index contributed by atoms with van der Waals surface area (Å²) in [5.41, 5.74) is 11.7. The van der Waals surface area contributed by atoms with Gasteiger partial charge in [0.25, 0.3) is 0 Å². The SMILES string of the molecule is C[C@H](NC(=O)[C@@H](CO)NC(=O)C12CC3CC(CC(C3)C1)C2)C(=O)NC(Cc1ccc(N=C(N)N)cc1)P(=O)(Oc1ccccc1)Oc1ccccc1.